The maximum absolute atomic E-state index is 6.18. The number of nitrogens with two attached hydrogens (primary N) is 1. The first-order chi connectivity index (χ1) is 7.93. The summed E-state index contributed by atoms with van der Waals surface area (Å²) in [5.41, 5.74) is 5.27. The van der Waals surface area contributed by atoms with E-state index in [1.807, 2.05) is 24.3 Å². The second-order valence-electron chi connectivity index (χ2n) is 5.09. The Bertz CT molecular complexity index is 558. The van der Waals surface area contributed by atoms with E-state index in [1.54, 1.807) is 0 Å². The zero-order valence-electron chi connectivity index (χ0n) is 10.2. The Morgan fingerprint density at radius 1 is 1.29 bits per heavy atom. The number of benzene rings is 1. The van der Waals surface area contributed by atoms with Crippen LogP contribution in [0.5, 0.6) is 0 Å². The normalized spacial score (nSPS) is 11.8. The van der Waals surface area contributed by atoms with Gasteiger partial charge in [0.25, 0.3) is 0 Å². The van der Waals surface area contributed by atoms with E-state index >= 15 is 0 Å². The van der Waals surface area contributed by atoms with E-state index in [4.69, 9.17) is 17.4 Å². The van der Waals surface area contributed by atoms with Crippen LogP contribution in [0.2, 0.25) is 5.02 Å². The predicted molar refractivity (Wildman–Crippen MR) is 73.3 cm³/mol. The predicted octanol–water partition coefficient (Wildman–Crippen LogP) is 3.47. The first-order valence-corrected chi connectivity index (χ1v) is 5.87. The largest absolute Gasteiger partial charge is 0.323 e. The molecule has 0 saturated heterocycles. The summed E-state index contributed by atoms with van der Waals surface area (Å²) in [6.45, 7) is 6.33. The van der Waals surface area contributed by atoms with Crippen LogP contribution in [0.25, 0.3) is 10.9 Å². The van der Waals surface area contributed by atoms with E-state index in [2.05, 4.69) is 31.2 Å². The van der Waals surface area contributed by atoms with Crippen LogP contribution in [-0.2, 0) is 5.41 Å². The lowest BCUT2D eigenvalue weighted by molar-refractivity contribution is 0.572. The summed E-state index contributed by atoms with van der Waals surface area (Å²) in [6.07, 6.45) is 0. The van der Waals surface area contributed by atoms with Crippen molar-refractivity contribution >= 4 is 28.2 Å². The number of pyridine rings is 1. The van der Waals surface area contributed by atoms with Crippen molar-refractivity contribution in [2.75, 3.05) is 5.43 Å². The molecule has 90 valence electrons. The average molecular weight is 250 g/mol. The molecule has 0 aliphatic rings. The lowest BCUT2D eigenvalue weighted by Crippen LogP contribution is -2.16. The molecular weight excluding hydrogens is 234 g/mol. The van der Waals surface area contributed by atoms with Gasteiger partial charge in [0.2, 0.25) is 0 Å². The molecule has 0 saturated carbocycles. The van der Waals surface area contributed by atoms with Crippen LogP contribution in [-0.4, -0.2) is 4.98 Å². The lowest BCUT2D eigenvalue weighted by Gasteiger charge is -2.20. The van der Waals surface area contributed by atoms with Gasteiger partial charge < -0.3 is 5.43 Å². The SMILES string of the molecule is CC(C)(C)c1cc(NN)c2cccc(Cl)c2n1. The van der Waals surface area contributed by atoms with Crippen molar-refractivity contribution in [1.82, 2.24) is 4.98 Å². The van der Waals surface area contributed by atoms with Gasteiger partial charge in [-0.15, -0.1) is 0 Å². The Hall–Kier alpha value is -1.32. The first kappa shape index (κ1) is 12.1. The molecule has 0 aliphatic carbocycles. The Labute approximate surface area is 106 Å². The van der Waals surface area contributed by atoms with Crippen LogP contribution in [0, 0.1) is 0 Å². The second kappa shape index (κ2) is 4.17. The summed E-state index contributed by atoms with van der Waals surface area (Å²) in [4.78, 5) is 4.63. The van der Waals surface area contributed by atoms with Gasteiger partial charge >= 0.3 is 0 Å². The molecule has 0 radical (unpaired) electrons. The Balaban J connectivity index is 2.81. The molecule has 0 atom stereocenters. The number of hydrazine groups is 1. The molecule has 0 aliphatic heterocycles. The Kier molecular flexibility index (Phi) is 2.98. The molecule has 17 heavy (non-hydrogen) atoms. The number of anilines is 1. The van der Waals surface area contributed by atoms with E-state index < -0.39 is 0 Å². The molecule has 0 spiro atoms. The van der Waals surface area contributed by atoms with E-state index in [1.165, 1.54) is 0 Å². The fraction of sp³-hybridized carbons (Fsp3) is 0.308. The van der Waals surface area contributed by atoms with Gasteiger partial charge in [-0.2, -0.15) is 0 Å². The number of hydrogen-bond acceptors (Lipinski definition) is 3. The molecule has 0 bridgehead atoms. The highest BCUT2D eigenvalue weighted by Gasteiger charge is 2.18. The van der Waals surface area contributed by atoms with E-state index in [9.17, 15) is 0 Å². The van der Waals surface area contributed by atoms with Gasteiger partial charge in [-0.05, 0) is 12.1 Å². The third-order valence-electron chi connectivity index (χ3n) is 2.71. The summed E-state index contributed by atoms with van der Waals surface area (Å²) in [5, 5.41) is 1.58. The number of nitrogens with zero attached hydrogens (tertiary/aromatic N) is 1. The van der Waals surface area contributed by atoms with Crippen LogP contribution in [0.15, 0.2) is 24.3 Å². The van der Waals surface area contributed by atoms with Crippen LogP contribution in [0.1, 0.15) is 26.5 Å². The van der Waals surface area contributed by atoms with E-state index in [-0.39, 0.29) is 5.41 Å². The van der Waals surface area contributed by atoms with Crippen molar-refractivity contribution in [3.05, 3.63) is 35.0 Å². The van der Waals surface area contributed by atoms with E-state index in [0.29, 0.717) is 5.02 Å². The fourth-order valence-corrected chi connectivity index (χ4v) is 1.93. The summed E-state index contributed by atoms with van der Waals surface area (Å²) >= 11 is 6.18. The second-order valence-corrected chi connectivity index (χ2v) is 5.49. The number of hydrogen-bond donors (Lipinski definition) is 2. The first-order valence-electron chi connectivity index (χ1n) is 5.50. The zero-order valence-corrected chi connectivity index (χ0v) is 11.0. The molecule has 2 aromatic rings. The summed E-state index contributed by atoms with van der Waals surface area (Å²) in [6, 6.07) is 7.65. The molecule has 1 aromatic carbocycles. The number of rotatable bonds is 1. The average Bonchev–Trinajstić information content (AvgIpc) is 2.27. The number of para-hydroxylation sites is 1. The minimum atomic E-state index is -0.0427. The highest BCUT2D eigenvalue weighted by atomic mass is 35.5. The molecule has 2 rings (SSSR count). The number of nitrogen functional groups attached to an aromatic ring is 1. The molecular formula is C13H16ClN3. The number of aromatic nitrogens is 1. The molecule has 0 fully saturated rings. The van der Waals surface area contributed by atoms with Crippen LogP contribution in [0.3, 0.4) is 0 Å². The number of halogens is 1. The lowest BCUT2D eigenvalue weighted by atomic mass is 9.91. The monoisotopic (exact) mass is 249 g/mol. The Morgan fingerprint density at radius 3 is 2.59 bits per heavy atom. The van der Waals surface area contributed by atoms with Crippen molar-refractivity contribution in [1.29, 1.82) is 0 Å². The highest BCUT2D eigenvalue weighted by molar-refractivity contribution is 6.35. The number of nitrogens with one attached hydrogen (secondary N) is 1. The summed E-state index contributed by atoms with van der Waals surface area (Å²) in [7, 11) is 0. The van der Waals surface area contributed by atoms with Gasteiger partial charge in [-0.3, -0.25) is 10.8 Å². The van der Waals surface area contributed by atoms with Gasteiger partial charge in [0.1, 0.15) is 0 Å². The molecule has 1 heterocycles. The van der Waals surface area contributed by atoms with Gasteiger partial charge in [-0.1, -0.05) is 44.5 Å². The summed E-state index contributed by atoms with van der Waals surface area (Å²) in [5.74, 6) is 5.56. The molecule has 0 unspecified atom stereocenters. The number of fused-ring (bicyclic) bond motifs is 1. The van der Waals surface area contributed by atoms with Gasteiger partial charge in [-0.25, -0.2) is 0 Å². The standard InChI is InChI=1S/C13H16ClN3/c1-13(2,3)11-7-10(17-15)8-5-4-6-9(14)12(8)16-11/h4-7H,15H2,1-3H3,(H,16,17). The minimum absolute atomic E-state index is 0.0427. The van der Waals surface area contributed by atoms with Crippen molar-refractivity contribution in [2.45, 2.75) is 26.2 Å². The molecule has 0 amide bonds. The molecule has 3 N–H and O–H groups in total. The van der Waals surface area contributed by atoms with Crippen molar-refractivity contribution in [3.63, 3.8) is 0 Å². The maximum atomic E-state index is 6.18. The topological polar surface area (TPSA) is 50.9 Å². The van der Waals surface area contributed by atoms with Gasteiger partial charge in [0.15, 0.2) is 0 Å². The van der Waals surface area contributed by atoms with Crippen molar-refractivity contribution < 1.29 is 0 Å². The van der Waals surface area contributed by atoms with Crippen LogP contribution < -0.4 is 11.3 Å². The Morgan fingerprint density at radius 2 is 2.00 bits per heavy atom. The highest BCUT2D eigenvalue weighted by Crippen LogP contribution is 2.31. The van der Waals surface area contributed by atoms with Crippen molar-refractivity contribution in [3.8, 4) is 0 Å². The van der Waals surface area contributed by atoms with Crippen LogP contribution in [0.4, 0.5) is 5.69 Å². The maximum Gasteiger partial charge on any atom is 0.0912 e. The van der Waals surface area contributed by atoms with Crippen LogP contribution >= 0.6 is 11.6 Å². The smallest absolute Gasteiger partial charge is 0.0912 e. The van der Waals surface area contributed by atoms with Gasteiger partial charge in [0.05, 0.1) is 16.2 Å². The van der Waals surface area contributed by atoms with Gasteiger partial charge in [0, 0.05) is 16.5 Å². The molecule has 4 heteroatoms. The molecule has 1 aromatic heterocycles. The summed E-state index contributed by atoms with van der Waals surface area (Å²) < 4.78 is 0. The van der Waals surface area contributed by atoms with E-state index in [0.717, 1.165) is 22.3 Å². The third kappa shape index (κ3) is 2.21. The third-order valence-corrected chi connectivity index (χ3v) is 3.02. The molecule has 3 nitrogen and oxygen atoms in total. The van der Waals surface area contributed by atoms with Crippen molar-refractivity contribution in [2.24, 2.45) is 5.84 Å². The zero-order chi connectivity index (χ0) is 12.6. The fourth-order valence-electron chi connectivity index (χ4n) is 1.72. The minimum Gasteiger partial charge on any atom is -0.323 e. The quantitative estimate of drug-likeness (QED) is 0.601.